The van der Waals surface area contributed by atoms with Gasteiger partial charge >= 0.3 is 0 Å². The second kappa shape index (κ2) is 4.63. The summed E-state index contributed by atoms with van der Waals surface area (Å²) >= 11 is 1.18. The van der Waals surface area contributed by atoms with Gasteiger partial charge in [-0.3, -0.25) is 9.59 Å². The number of rotatable bonds is 4. The van der Waals surface area contributed by atoms with Gasteiger partial charge in [0.2, 0.25) is 5.91 Å². The van der Waals surface area contributed by atoms with Crippen LogP contribution in [0.2, 0.25) is 0 Å². The highest BCUT2D eigenvalue weighted by Crippen LogP contribution is 2.15. The second-order valence-corrected chi connectivity index (χ2v) is 5.02. The molecule has 0 aromatic carbocycles. The average molecular weight is 241 g/mol. The largest absolute Gasteiger partial charge is 0.366 e. The standard InChI is InChI=1S/C10H15N3O2S/c1-10(2,5-11)13-9(15)7-3-6(4-16-7)8(12)14/h3-4H,5,11H2,1-2H3,(H2,12,14)(H,13,15). The van der Waals surface area contributed by atoms with Gasteiger partial charge in [0.15, 0.2) is 0 Å². The molecule has 5 N–H and O–H groups in total. The number of hydrogen-bond acceptors (Lipinski definition) is 4. The lowest BCUT2D eigenvalue weighted by Crippen LogP contribution is -2.48. The van der Waals surface area contributed by atoms with Crippen LogP contribution in [0.1, 0.15) is 33.9 Å². The number of carbonyl (C=O) groups excluding carboxylic acids is 2. The molecule has 0 aliphatic carbocycles. The van der Waals surface area contributed by atoms with Gasteiger partial charge in [0.05, 0.1) is 10.4 Å². The zero-order valence-corrected chi connectivity index (χ0v) is 10.1. The molecule has 16 heavy (non-hydrogen) atoms. The van der Waals surface area contributed by atoms with Gasteiger partial charge in [0, 0.05) is 17.5 Å². The van der Waals surface area contributed by atoms with Crippen LogP contribution in [0.15, 0.2) is 11.4 Å². The summed E-state index contributed by atoms with van der Waals surface area (Å²) in [6, 6.07) is 1.48. The van der Waals surface area contributed by atoms with E-state index in [1.165, 1.54) is 17.4 Å². The van der Waals surface area contributed by atoms with Crippen molar-refractivity contribution in [2.24, 2.45) is 11.5 Å². The smallest absolute Gasteiger partial charge is 0.261 e. The van der Waals surface area contributed by atoms with E-state index in [1.54, 1.807) is 5.38 Å². The van der Waals surface area contributed by atoms with Crippen molar-refractivity contribution in [2.45, 2.75) is 19.4 Å². The highest BCUT2D eigenvalue weighted by Gasteiger charge is 2.20. The van der Waals surface area contributed by atoms with E-state index in [1.807, 2.05) is 13.8 Å². The van der Waals surface area contributed by atoms with Crippen LogP contribution < -0.4 is 16.8 Å². The number of thiophene rings is 1. The molecule has 0 unspecified atom stereocenters. The van der Waals surface area contributed by atoms with Crippen LogP contribution in [-0.4, -0.2) is 23.9 Å². The molecule has 0 fully saturated rings. The minimum Gasteiger partial charge on any atom is -0.366 e. The first-order chi connectivity index (χ1) is 7.35. The third-order valence-electron chi connectivity index (χ3n) is 2.07. The van der Waals surface area contributed by atoms with Gasteiger partial charge in [-0.1, -0.05) is 0 Å². The Bertz CT molecular complexity index is 412. The van der Waals surface area contributed by atoms with Crippen LogP contribution in [0, 0.1) is 0 Å². The first-order valence-corrected chi connectivity index (χ1v) is 5.64. The predicted octanol–water partition coefficient (Wildman–Crippen LogP) is 0.314. The van der Waals surface area contributed by atoms with Crippen molar-refractivity contribution in [3.63, 3.8) is 0 Å². The van der Waals surface area contributed by atoms with Crippen molar-refractivity contribution in [1.29, 1.82) is 0 Å². The zero-order chi connectivity index (χ0) is 12.3. The monoisotopic (exact) mass is 241 g/mol. The minimum atomic E-state index is -0.534. The Morgan fingerprint density at radius 3 is 2.56 bits per heavy atom. The van der Waals surface area contributed by atoms with Crippen LogP contribution in [0.25, 0.3) is 0 Å². The molecule has 2 amide bonds. The lowest BCUT2D eigenvalue weighted by molar-refractivity contribution is 0.0920. The zero-order valence-electron chi connectivity index (χ0n) is 9.24. The van der Waals surface area contributed by atoms with E-state index in [0.717, 1.165) is 0 Å². The molecule has 0 saturated carbocycles. The Morgan fingerprint density at radius 1 is 1.50 bits per heavy atom. The molecule has 0 atom stereocenters. The molecular formula is C10H15N3O2S. The van der Waals surface area contributed by atoms with E-state index in [0.29, 0.717) is 17.0 Å². The summed E-state index contributed by atoms with van der Waals surface area (Å²) in [6.45, 7) is 3.99. The Labute approximate surface area is 97.8 Å². The van der Waals surface area contributed by atoms with Crippen molar-refractivity contribution in [2.75, 3.05) is 6.54 Å². The maximum Gasteiger partial charge on any atom is 0.261 e. The van der Waals surface area contributed by atoms with Gasteiger partial charge in [-0.15, -0.1) is 11.3 Å². The second-order valence-electron chi connectivity index (χ2n) is 4.11. The van der Waals surface area contributed by atoms with E-state index >= 15 is 0 Å². The lowest BCUT2D eigenvalue weighted by Gasteiger charge is -2.23. The van der Waals surface area contributed by atoms with Crippen molar-refractivity contribution >= 4 is 23.2 Å². The lowest BCUT2D eigenvalue weighted by atomic mass is 10.1. The van der Waals surface area contributed by atoms with E-state index in [4.69, 9.17) is 11.5 Å². The van der Waals surface area contributed by atoms with Gasteiger partial charge < -0.3 is 16.8 Å². The minimum absolute atomic E-state index is 0.243. The summed E-state index contributed by atoms with van der Waals surface area (Å²) in [6.07, 6.45) is 0. The van der Waals surface area contributed by atoms with Crippen LogP contribution in [0.3, 0.4) is 0 Å². The molecule has 0 aliphatic heterocycles. The quantitative estimate of drug-likeness (QED) is 0.707. The molecule has 0 radical (unpaired) electrons. The highest BCUT2D eigenvalue weighted by molar-refractivity contribution is 7.12. The molecule has 1 aromatic heterocycles. The summed E-state index contributed by atoms with van der Waals surface area (Å²) in [5.41, 5.74) is 10.5. The maximum absolute atomic E-state index is 11.7. The van der Waals surface area contributed by atoms with Crippen molar-refractivity contribution in [1.82, 2.24) is 5.32 Å². The van der Waals surface area contributed by atoms with Gasteiger partial charge in [0.1, 0.15) is 0 Å². The Morgan fingerprint density at radius 2 is 2.12 bits per heavy atom. The predicted molar refractivity (Wildman–Crippen MR) is 63.4 cm³/mol. The first kappa shape index (κ1) is 12.7. The fourth-order valence-electron chi connectivity index (χ4n) is 1.00. The molecule has 1 heterocycles. The third-order valence-corrected chi connectivity index (χ3v) is 3.00. The molecule has 1 rings (SSSR count). The molecule has 0 aliphatic rings. The normalized spacial score (nSPS) is 11.2. The van der Waals surface area contributed by atoms with Gasteiger partial charge in [0.25, 0.3) is 5.91 Å². The number of hydrogen-bond donors (Lipinski definition) is 3. The molecule has 0 bridgehead atoms. The Balaban J connectivity index is 2.77. The van der Waals surface area contributed by atoms with Crippen LogP contribution in [0.4, 0.5) is 0 Å². The van der Waals surface area contributed by atoms with Crippen LogP contribution in [-0.2, 0) is 0 Å². The van der Waals surface area contributed by atoms with E-state index in [9.17, 15) is 9.59 Å². The average Bonchev–Trinajstić information content (AvgIpc) is 2.66. The number of primary amides is 1. The van der Waals surface area contributed by atoms with E-state index in [2.05, 4.69) is 5.32 Å². The van der Waals surface area contributed by atoms with Crippen molar-refractivity contribution in [3.05, 3.63) is 21.9 Å². The van der Waals surface area contributed by atoms with E-state index in [-0.39, 0.29) is 5.91 Å². The molecule has 0 spiro atoms. The Hall–Kier alpha value is -1.40. The summed E-state index contributed by atoms with van der Waals surface area (Å²) in [7, 11) is 0. The number of amides is 2. The van der Waals surface area contributed by atoms with Crippen molar-refractivity contribution in [3.8, 4) is 0 Å². The molecule has 88 valence electrons. The molecule has 0 saturated heterocycles. The van der Waals surface area contributed by atoms with Gasteiger partial charge in [-0.05, 0) is 19.9 Å². The third kappa shape index (κ3) is 3.04. The fraction of sp³-hybridized carbons (Fsp3) is 0.400. The van der Waals surface area contributed by atoms with E-state index < -0.39 is 11.4 Å². The molecule has 5 nitrogen and oxygen atoms in total. The summed E-state index contributed by atoms with van der Waals surface area (Å²) < 4.78 is 0. The topological polar surface area (TPSA) is 98.2 Å². The van der Waals surface area contributed by atoms with Crippen LogP contribution >= 0.6 is 11.3 Å². The number of nitrogens with one attached hydrogen (secondary N) is 1. The molecule has 1 aromatic rings. The first-order valence-electron chi connectivity index (χ1n) is 4.76. The van der Waals surface area contributed by atoms with Gasteiger partial charge in [-0.25, -0.2) is 0 Å². The van der Waals surface area contributed by atoms with Gasteiger partial charge in [-0.2, -0.15) is 0 Å². The highest BCUT2D eigenvalue weighted by atomic mass is 32.1. The summed E-state index contributed by atoms with van der Waals surface area (Å²) in [5, 5.41) is 4.33. The number of nitrogens with two attached hydrogens (primary N) is 2. The summed E-state index contributed by atoms with van der Waals surface area (Å²) in [4.78, 5) is 23.1. The number of carbonyl (C=O) groups is 2. The fourth-order valence-corrected chi connectivity index (χ4v) is 1.80. The van der Waals surface area contributed by atoms with Crippen molar-refractivity contribution < 1.29 is 9.59 Å². The summed E-state index contributed by atoms with van der Waals surface area (Å²) in [5.74, 6) is -0.777. The SMILES string of the molecule is CC(C)(CN)NC(=O)c1cc(C(N)=O)cs1. The Kier molecular flexibility index (Phi) is 3.66. The molecular weight excluding hydrogens is 226 g/mol. The maximum atomic E-state index is 11.7. The van der Waals surface area contributed by atoms with Crippen LogP contribution in [0.5, 0.6) is 0 Å². The molecule has 6 heteroatoms.